The maximum atomic E-state index is 11.2. The van der Waals surface area contributed by atoms with Gasteiger partial charge in [-0.3, -0.25) is 9.63 Å². The third-order valence-corrected chi connectivity index (χ3v) is 2.60. The lowest BCUT2D eigenvalue weighted by Crippen LogP contribution is -2.41. The highest BCUT2D eigenvalue weighted by Gasteiger charge is 2.21. The Kier molecular flexibility index (Phi) is 6.87. The average molecular weight is 223 g/mol. The summed E-state index contributed by atoms with van der Waals surface area (Å²) in [4.78, 5) is 15.7. The van der Waals surface area contributed by atoms with Crippen LogP contribution >= 0.6 is 12.4 Å². The van der Waals surface area contributed by atoms with Crippen molar-refractivity contribution in [2.75, 3.05) is 7.11 Å². The van der Waals surface area contributed by atoms with Gasteiger partial charge < -0.3 is 5.73 Å². The second-order valence-corrected chi connectivity index (χ2v) is 3.66. The van der Waals surface area contributed by atoms with Crippen LogP contribution in [-0.4, -0.2) is 19.1 Å². The molecule has 1 fully saturated rings. The number of hydrogen-bond acceptors (Lipinski definition) is 3. The first kappa shape index (κ1) is 13.7. The molecule has 0 aromatic rings. The monoisotopic (exact) mass is 222 g/mol. The van der Waals surface area contributed by atoms with E-state index >= 15 is 0 Å². The summed E-state index contributed by atoms with van der Waals surface area (Å²) in [6.45, 7) is 0. The van der Waals surface area contributed by atoms with Crippen molar-refractivity contribution in [1.82, 2.24) is 5.48 Å². The highest BCUT2D eigenvalue weighted by Crippen LogP contribution is 2.28. The van der Waals surface area contributed by atoms with E-state index in [1.165, 1.54) is 32.8 Å². The first-order valence-corrected chi connectivity index (χ1v) is 4.82. The van der Waals surface area contributed by atoms with E-state index in [0.717, 1.165) is 6.42 Å². The molecule has 1 saturated carbocycles. The van der Waals surface area contributed by atoms with Gasteiger partial charge in [0, 0.05) is 0 Å². The first-order valence-electron chi connectivity index (χ1n) is 4.82. The average Bonchev–Trinajstić information content (AvgIpc) is 2.57. The van der Waals surface area contributed by atoms with E-state index in [2.05, 4.69) is 10.3 Å². The molecule has 1 atom stereocenters. The summed E-state index contributed by atoms with van der Waals surface area (Å²) in [7, 11) is 1.42. The summed E-state index contributed by atoms with van der Waals surface area (Å²) in [6, 6.07) is -0.414. The van der Waals surface area contributed by atoms with Gasteiger partial charge in [0.15, 0.2) is 0 Å². The summed E-state index contributed by atoms with van der Waals surface area (Å²) in [6.07, 6.45) is 5.78. The lowest BCUT2D eigenvalue weighted by atomic mass is 9.99. The molecule has 0 aromatic carbocycles. The van der Waals surface area contributed by atoms with Crippen molar-refractivity contribution in [3.8, 4) is 0 Å². The molecule has 0 aromatic heterocycles. The van der Waals surface area contributed by atoms with Crippen LogP contribution in [0.5, 0.6) is 0 Å². The third-order valence-electron chi connectivity index (χ3n) is 2.60. The molecule has 14 heavy (non-hydrogen) atoms. The van der Waals surface area contributed by atoms with Gasteiger partial charge in [-0.1, -0.05) is 25.7 Å². The predicted octanol–water partition coefficient (Wildman–Crippen LogP) is 0.993. The molecule has 84 valence electrons. The van der Waals surface area contributed by atoms with Crippen LogP contribution in [-0.2, 0) is 9.63 Å². The van der Waals surface area contributed by atoms with Crippen molar-refractivity contribution >= 4 is 18.3 Å². The number of halogens is 1. The molecule has 0 unspecified atom stereocenters. The molecule has 1 amide bonds. The molecule has 0 radical (unpaired) electrons. The van der Waals surface area contributed by atoms with Gasteiger partial charge in [-0.15, -0.1) is 12.4 Å². The maximum Gasteiger partial charge on any atom is 0.260 e. The zero-order chi connectivity index (χ0) is 9.68. The Morgan fingerprint density at radius 3 is 2.64 bits per heavy atom. The number of rotatable bonds is 4. The van der Waals surface area contributed by atoms with Crippen LogP contribution < -0.4 is 11.2 Å². The van der Waals surface area contributed by atoms with Crippen LogP contribution in [0, 0.1) is 5.92 Å². The van der Waals surface area contributed by atoms with Crippen molar-refractivity contribution in [3.63, 3.8) is 0 Å². The molecule has 1 rings (SSSR count). The van der Waals surface area contributed by atoms with Crippen LogP contribution in [0.1, 0.15) is 32.1 Å². The topological polar surface area (TPSA) is 64.3 Å². The van der Waals surface area contributed by atoms with Crippen LogP contribution in [0.3, 0.4) is 0 Å². The molecule has 5 heteroatoms. The molecule has 0 spiro atoms. The maximum absolute atomic E-state index is 11.2. The first-order chi connectivity index (χ1) is 6.24. The van der Waals surface area contributed by atoms with Gasteiger partial charge in [-0.05, 0) is 12.3 Å². The van der Waals surface area contributed by atoms with Gasteiger partial charge in [0.05, 0.1) is 13.2 Å². The molecule has 0 saturated heterocycles. The van der Waals surface area contributed by atoms with Gasteiger partial charge in [-0.2, -0.15) is 0 Å². The van der Waals surface area contributed by atoms with Crippen molar-refractivity contribution in [2.24, 2.45) is 11.7 Å². The van der Waals surface area contributed by atoms with Gasteiger partial charge in [0.2, 0.25) is 0 Å². The minimum atomic E-state index is -0.414. The molecule has 0 heterocycles. The second-order valence-electron chi connectivity index (χ2n) is 3.66. The number of carbonyl (C=O) groups excluding carboxylic acids is 1. The SMILES string of the molecule is CONC(=O)[C@@H](N)CC1CCCC1.Cl. The number of hydroxylamine groups is 1. The second kappa shape index (κ2) is 7.04. The number of nitrogens with two attached hydrogens (primary N) is 1. The number of amides is 1. The van der Waals surface area contributed by atoms with Crippen LogP contribution in [0.15, 0.2) is 0 Å². The van der Waals surface area contributed by atoms with E-state index in [0.29, 0.717) is 5.92 Å². The minimum Gasteiger partial charge on any atom is -0.320 e. The third kappa shape index (κ3) is 4.26. The van der Waals surface area contributed by atoms with Crippen LogP contribution in [0.25, 0.3) is 0 Å². The minimum absolute atomic E-state index is 0. The Morgan fingerprint density at radius 2 is 2.14 bits per heavy atom. The molecule has 1 aliphatic rings. The van der Waals surface area contributed by atoms with Gasteiger partial charge in [0.25, 0.3) is 5.91 Å². The Balaban J connectivity index is 0.00000169. The van der Waals surface area contributed by atoms with E-state index in [1.807, 2.05) is 0 Å². The van der Waals surface area contributed by atoms with E-state index in [1.54, 1.807) is 0 Å². The van der Waals surface area contributed by atoms with Crippen molar-refractivity contribution < 1.29 is 9.63 Å². The highest BCUT2D eigenvalue weighted by atomic mass is 35.5. The summed E-state index contributed by atoms with van der Waals surface area (Å²) in [5.74, 6) is 0.423. The number of carbonyl (C=O) groups is 1. The fourth-order valence-electron chi connectivity index (χ4n) is 1.89. The van der Waals surface area contributed by atoms with Gasteiger partial charge in [-0.25, -0.2) is 5.48 Å². The Labute approximate surface area is 90.9 Å². The predicted molar refractivity (Wildman–Crippen MR) is 57.0 cm³/mol. The standard InChI is InChI=1S/C9H18N2O2.ClH/c1-13-11-9(12)8(10)6-7-4-2-3-5-7;/h7-8H,2-6,10H2,1H3,(H,11,12);1H/t8-;/m0./s1. The van der Waals surface area contributed by atoms with E-state index in [9.17, 15) is 4.79 Å². The highest BCUT2D eigenvalue weighted by molar-refractivity contribution is 5.85. The zero-order valence-corrected chi connectivity index (χ0v) is 9.31. The van der Waals surface area contributed by atoms with Crippen molar-refractivity contribution in [1.29, 1.82) is 0 Å². The van der Waals surface area contributed by atoms with E-state index in [4.69, 9.17) is 5.73 Å². The van der Waals surface area contributed by atoms with Crippen LogP contribution in [0.4, 0.5) is 0 Å². The fourth-order valence-corrected chi connectivity index (χ4v) is 1.89. The zero-order valence-electron chi connectivity index (χ0n) is 8.49. The molecule has 0 aliphatic heterocycles. The molecule has 0 bridgehead atoms. The summed E-state index contributed by atoms with van der Waals surface area (Å²) in [5.41, 5.74) is 7.95. The van der Waals surface area contributed by atoms with E-state index < -0.39 is 6.04 Å². The Morgan fingerprint density at radius 1 is 1.57 bits per heavy atom. The normalized spacial score (nSPS) is 18.7. The lowest BCUT2D eigenvalue weighted by Gasteiger charge is -2.14. The molecule has 3 N–H and O–H groups in total. The molecular formula is C9H19ClN2O2. The van der Waals surface area contributed by atoms with E-state index in [-0.39, 0.29) is 18.3 Å². The summed E-state index contributed by atoms with van der Waals surface area (Å²) >= 11 is 0. The Bertz CT molecular complexity index is 172. The van der Waals surface area contributed by atoms with Gasteiger partial charge >= 0.3 is 0 Å². The lowest BCUT2D eigenvalue weighted by molar-refractivity contribution is -0.133. The summed E-state index contributed by atoms with van der Waals surface area (Å²) in [5, 5.41) is 0. The fraction of sp³-hybridized carbons (Fsp3) is 0.889. The van der Waals surface area contributed by atoms with Crippen molar-refractivity contribution in [2.45, 2.75) is 38.1 Å². The molecule has 1 aliphatic carbocycles. The molecule has 4 nitrogen and oxygen atoms in total. The Hall–Kier alpha value is -0.320. The van der Waals surface area contributed by atoms with Crippen molar-refractivity contribution in [3.05, 3.63) is 0 Å². The number of hydrogen-bond donors (Lipinski definition) is 2. The largest absolute Gasteiger partial charge is 0.320 e. The molecular weight excluding hydrogens is 204 g/mol. The smallest absolute Gasteiger partial charge is 0.260 e. The van der Waals surface area contributed by atoms with Crippen LogP contribution in [0.2, 0.25) is 0 Å². The van der Waals surface area contributed by atoms with Gasteiger partial charge in [0.1, 0.15) is 0 Å². The summed E-state index contributed by atoms with van der Waals surface area (Å²) < 4.78 is 0. The number of nitrogens with one attached hydrogen (secondary N) is 1. The quantitative estimate of drug-likeness (QED) is 0.698.